The van der Waals surface area contributed by atoms with Crippen LogP contribution in [-0.4, -0.2) is 43.5 Å². The zero-order valence-electron chi connectivity index (χ0n) is 9.27. The van der Waals surface area contributed by atoms with E-state index in [4.69, 9.17) is 11.6 Å². The number of rotatable bonds is 7. The van der Waals surface area contributed by atoms with E-state index >= 15 is 0 Å². The van der Waals surface area contributed by atoms with E-state index < -0.39 is 0 Å². The van der Waals surface area contributed by atoms with Gasteiger partial charge in [-0.15, -0.1) is 11.6 Å². The second-order valence-electron chi connectivity index (χ2n) is 4.37. The zero-order valence-corrected chi connectivity index (χ0v) is 10.0. The lowest BCUT2D eigenvalue weighted by Gasteiger charge is -2.15. The third-order valence-electron chi connectivity index (χ3n) is 2.78. The summed E-state index contributed by atoms with van der Waals surface area (Å²) in [5, 5.41) is 3.45. The van der Waals surface area contributed by atoms with Crippen molar-refractivity contribution in [2.75, 3.05) is 38.6 Å². The first kappa shape index (κ1) is 12.3. The van der Waals surface area contributed by atoms with Crippen LogP contribution in [0.3, 0.4) is 0 Å². The second kappa shape index (κ2) is 7.49. The molecule has 0 aliphatic carbocycles. The first-order valence-electron chi connectivity index (χ1n) is 5.82. The summed E-state index contributed by atoms with van der Waals surface area (Å²) in [6.45, 7) is 8.28. The molecule has 0 spiro atoms. The number of nitrogens with zero attached hydrogens (tertiary/aromatic N) is 1. The Hall–Kier alpha value is 0.210. The van der Waals surface area contributed by atoms with Crippen LogP contribution >= 0.6 is 11.6 Å². The van der Waals surface area contributed by atoms with Crippen LogP contribution in [0.5, 0.6) is 0 Å². The Kier molecular flexibility index (Phi) is 6.57. The van der Waals surface area contributed by atoms with E-state index in [1.54, 1.807) is 0 Å². The van der Waals surface area contributed by atoms with Crippen molar-refractivity contribution in [2.45, 2.75) is 26.2 Å². The summed E-state index contributed by atoms with van der Waals surface area (Å²) in [5.74, 6) is 1.36. The number of halogens is 1. The van der Waals surface area contributed by atoms with Crippen LogP contribution in [0, 0.1) is 5.92 Å². The SMILES string of the molecule is CC(CCl)CNCCCN1CCCC1. The van der Waals surface area contributed by atoms with E-state index in [1.165, 1.54) is 38.9 Å². The predicted molar refractivity (Wildman–Crippen MR) is 63.0 cm³/mol. The normalized spacial score (nSPS) is 20.1. The minimum Gasteiger partial charge on any atom is -0.316 e. The van der Waals surface area contributed by atoms with Crippen molar-refractivity contribution in [3.63, 3.8) is 0 Å². The molecular weight excluding hydrogens is 196 g/mol. The average molecular weight is 219 g/mol. The largest absolute Gasteiger partial charge is 0.316 e. The van der Waals surface area contributed by atoms with Crippen molar-refractivity contribution in [3.05, 3.63) is 0 Å². The van der Waals surface area contributed by atoms with E-state index in [9.17, 15) is 0 Å². The summed E-state index contributed by atoms with van der Waals surface area (Å²) in [7, 11) is 0. The van der Waals surface area contributed by atoms with Gasteiger partial charge in [0, 0.05) is 5.88 Å². The molecule has 0 amide bonds. The van der Waals surface area contributed by atoms with Gasteiger partial charge in [-0.3, -0.25) is 0 Å². The maximum absolute atomic E-state index is 5.72. The van der Waals surface area contributed by atoms with E-state index in [0.717, 1.165) is 19.0 Å². The van der Waals surface area contributed by atoms with Gasteiger partial charge >= 0.3 is 0 Å². The average Bonchev–Trinajstić information content (AvgIpc) is 2.69. The molecule has 14 heavy (non-hydrogen) atoms. The van der Waals surface area contributed by atoms with Crippen molar-refractivity contribution >= 4 is 11.6 Å². The summed E-state index contributed by atoms with van der Waals surface area (Å²) < 4.78 is 0. The van der Waals surface area contributed by atoms with E-state index in [-0.39, 0.29) is 0 Å². The van der Waals surface area contributed by atoms with Gasteiger partial charge in [-0.1, -0.05) is 6.92 Å². The van der Waals surface area contributed by atoms with Crippen LogP contribution in [0.25, 0.3) is 0 Å². The number of hydrogen-bond donors (Lipinski definition) is 1. The number of nitrogens with one attached hydrogen (secondary N) is 1. The summed E-state index contributed by atoms with van der Waals surface area (Å²) in [5.41, 5.74) is 0. The highest BCUT2D eigenvalue weighted by Gasteiger charge is 2.09. The molecule has 1 unspecified atom stereocenters. The van der Waals surface area contributed by atoms with Gasteiger partial charge in [-0.25, -0.2) is 0 Å². The van der Waals surface area contributed by atoms with E-state index in [0.29, 0.717) is 5.92 Å². The second-order valence-corrected chi connectivity index (χ2v) is 4.67. The van der Waals surface area contributed by atoms with Crippen molar-refractivity contribution in [3.8, 4) is 0 Å². The van der Waals surface area contributed by atoms with Gasteiger partial charge in [0.1, 0.15) is 0 Å². The molecule has 2 nitrogen and oxygen atoms in total. The first-order chi connectivity index (χ1) is 6.83. The molecule has 84 valence electrons. The van der Waals surface area contributed by atoms with Crippen molar-refractivity contribution in [1.29, 1.82) is 0 Å². The van der Waals surface area contributed by atoms with Gasteiger partial charge in [-0.05, 0) is 57.9 Å². The van der Waals surface area contributed by atoms with Crippen molar-refractivity contribution < 1.29 is 0 Å². The number of hydrogen-bond acceptors (Lipinski definition) is 2. The Bertz CT molecular complexity index is 135. The summed E-state index contributed by atoms with van der Waals surface area (Å²) >= 11 is 5.72. The monoisotopic (exact) mass is 218 g/mol. The van der Waals surface area contributed by atoms with Crippen molar-refractivity contribution in [1.82, 2.24) is 10.2 Å². The molecule has 0 saturated carbocycles. The quantitative estimate of drug-likeness (QED) is 0.519. The molecule has 1 aliphatic heterocycles. The van der Waals surface area contributed by atoms with Crippen molar-refractivity contribution in [2.24, 2.45) is 5.92 Å². The van der Waals surface area contributed by atoms with Crippen LogP contribution in [-0.2, 0) is 0 Å². The Balaban J connectivity index is 1.84. The lowest BCUT2D eigenvalue weighted by atomic mass is 10.2. The standard InChI is InChI=1S/C11H23ClN2/c1-11(9-12)10-13-5-4-8-14-6-2-3-7-14/h11,13H,2-10H2,1H3. The molecular formula is C11H23ClN2. The molecule has 1 rings (SSSR count). The van der Waals surface area contributed by atoms with Crippen LogP contribution < -0.4 is 5.32 Å². The third kappa shape index (κ3) is 5.18. The highest BCUT2D eigenvalue weighted by molar-refractivity contribution is 6.18. The molecule has 0 bridgehead atoms. The molecule has 0 aromatic carbocycles. The van der Waals surface area contributed by atoms with Crippen LogP contribution in [0.1, 0.15) is 26.2 Å². The summed E-state index contributed by atoms with van der Waals surface area (Å²) in [4.78, 5) is 2.56. The fourth-order valence-electron chi connectivity index (χ4n) is 1.84. The minimum absolute atomic E-state index is 0.600. The van der Waals surface area contributed by atoms with Crippen LogP contribution in [0.4, 0.5) is 0 Å². The lowest BCUT2D eigenvalue weighted by molar-refractivity contribution is 0.330. The maximum atomic E-state index is 5.72. The van der Waals surface area contributed by atoms with Gasteiger partial charge in [0.25, 0.3) is 0 Å². The molecule has 0 radical (unpaired) electrons. The molecule has 1 fully saturated rings. The van der Waals surface area contributed by atoms with Gasteiger partial charge < -0.3 is 10.2 Å². The van der Waals surface area contributed by atoms with Gasteiger partial charge in [-0.2, -0.15) is 0 Å². The molecule has 1 saturated heterocycles. The predicted octanol–water partition coefficient (Wildman–Crippen LogP) is 1.94. The molecule has 1 heterocycles. The Morgan fingerprint density at radius 3 is 2.71 bits per heavy atom. The van der Waals surface area contributed by atoms with Gasteiger partial charge in [0.05, 0.1) is 0 Å². The highest BCUT2D eigenvalue weighted by atomic mass is 35.5. The summed E-state index contributed by atoms with van der Waals surface area (Å²) in [6, 6.07) is 0. The fraction of sp³-hybridized carbons (Fsp3) is 1.00. The highest BCUT2D eigenvalue weighted by Crippen LogP contribution is 2.06. The Labute approximate surface area is 93.0 Å². The van der Waals surface area contributed by atoms with E-state index in [2.05, 4.69) is 17.1 Å². The lowest BCUT2D eigenvalue weighted by Crippen LogP contribution is -2.27. The first-order valence-corrected chi connectivity index (χ1v) is 6.35. The zero-order chi connectivity index (χ0) is 10.2. The topological polar surface area (TPSA) is 15.3 Å². The number of alkyl halides is 1. The molecule has 1 atom stereocenters. The van der Waals surface area contributed by atoms with E-state index in [1.807, 2.05) is 0 Å². The van der Waals surface area contributed by atoms with Crippen LogP contribution in [0.2, 0.25) is 0 Å². The van der Waals surface area contributed by atoms with Crippen LogP contribution in [0.15, 0.2) is 0 Å². The molecule has 1 N–H and O–H groups in total. The smallest absolute Gasteiger partial charge is 0.0261 e. The fourth-order valence-corrected chi connectivity index (χ4v) is 1.95. The maximum Gasteiger partial charge on any atom is 0.0261 e. The summed E-state index contributed by atoms with van der Waals surface area (Å²) in [6.07, 6.45) is 4.07. The Morgan fingerprint density at radius 1 is 1.36 bits per heavy atom. The molecule has 1 aliphatic rings. The molecule has 3 heteroatoms. The molecule has 0 aromatic rings. The van der Waals surface area contributed by atoms with Gasteiger partial charge in [0.15, 0.2) is 0 Å². The molecule has 0 aromatic heterocycles. The Morgan fingerprint density at radius 2 is 2.07 bits per heavy atom. The van der Waals surface area contributed by atoms with Gasteiger partial charge in [0.2, 0.25) is 0 Å². The number of likely N-dealkylation sites (tertiary alicyclic amines) is 1. The minimum atomic E-state index is 0.600. The third-order valence-corrected chi connectivity index (χ3v) is 3.31.